The monoisotopic (exact) mass is 465 g/mol. The first-order valence-electron chi connectivity index (χ1n) is 11.6. The van der Waals surface area contributed by atoms with Crippen LogP contribution in [0.15, 0.2) is 79.1 Å². The number of aromatic nitrogens is 4. The third kappa shape index (κ3) is 4.72. The van der Waals surface area contributed by atoms with Gasteiger partial charge in [-0.15, -0.1) is 0 Å². The molecule has 2 aromatic carbocycles. The second kappa shape index (κ2) is 9.95. The van der Waals surface area contributed by atoms with Crippen molar-refractivity contribution in [3.63, 3.8) is 0 Å². The minimum Gasteiger partial charge on any atom is -0.497 e. The van der Waals surface area contributed by atoms with Gasteiger partial charge in [0.1, 0.15) is 11.4 Å². The van der Waals surface area contributed by atoms with Crippen LogP contribution >= 0.6 is 0 Å². The molecule has 0 atom stereocenters. The van der Waals surface area contributed by atoms with Gasteiger partial charge in [-0.3, -0.25) is 4.40 Å². The van der Waals surface area contributed by atoms with Crippen LogP contribution in [0, 0.1) is 0 Å². The van der Waals surface area contributed by atoms with E-state index in [1.165, 1.54) is 5.56 Å². The number of ether oxygens (including phenoxy) is 1. The Kier molecular flexibility index (Phi) is 6.41. The molecule has 0 spiro atoms. The molecule has 0 saturated carbocycles. The van der Waals surface area contributed by atoms with Crippen molar-refractivity contribution in [1.29, 1.82) is 0 Å². The van der Waals surface area contributed by atoms with Crippen molar-refractivity contribution >= 4 is 11.6 Å². The Labute approximate surface area is 204 Å². The number of aliphatic hydroxyl groups excluding tert-OH is 1. The lowest BCUT2D eigenvalue weighted by Crippen LogP contribution is -2.04. The maximum Gasteiger partial charge on any atom is 0.223 e. The quantitative estimate of drug-likeness (QED) is 0.330. The average Bonchev–Trinajstić information content (AvgIpc) is 3.31. The van der Waals surface area contributed by atoms with E-state index in [0.717, 1.165) is 51.6 Å². The standard InChI is InChI=1S/C28H27N5O2/c1-3-19-4-8-22(9-5-19)26-27(33-15-13-21(18-34)16-25(33)32-26)24-12-14-29-28(31-24)30-17-20-6-10-23(35-2)11-7-20/h4-16,34H,3,17-18H2,1-2H3,(H,29,30,31). The molecule has 35 heavy (non-hydrogen) atoms. The fourth-order valence-corrected chi connectivity index (χ4v) is 4.03. The minimum atomic E-state index is -0.0356. The number of hydrogen-bond acceptors (Lipinski definition) is 6. The highest BCUT2D eigenvalue weighted by molar-refractivity contribution is 5.81. The first-order valence-corrected chi connectivity index (χ1v) is 11.6. The van der Waals surface area contributed by atoms with E-state index in [-0.39, 0.29) is 6.61 Å². The molecule has 0 saturated heterocycles. The largest absolute Gasteiger partial charge is 0.497 e. The van der Waals surface area contributed by atoms with Crippen LogP contribution in [0.1, 0.15) is 23.6 Å². The third-order valence-electron chi connectivity index (χ3n) is 6.02. The summed E-state index contributed by atoms with van der Waals surface area (Å²) < 4.78 is 7.24. The molecule has 0 aliphatic heterocycles. The molecule has 2 N–H and O–H groups in total. The van der Waals surface area contributed by atoms with Gasteiger partial charge in [-0.2, -0.15) is 0 Å². The number of methoxy groups -OCH3 is 1. The lowest BCUT2D eigenvalue weighted by Gasteiger charge is -2.09. The van der Waals surface area contributed by atoms with Crippen molar-refractivity contribution in [3.05, 3.63) is 95.8 Å². The molecule has 0 aliphatic rings. The predicted molar refractivity (Wildman–Crippen MR) is 137 cm³/mol. The van der Waals surface area contributed by atoms with Gasteiger partial charge in [0, 0.05) is 24.5 Å². The second-order valence-electron chi connectivity index (χ2n) is 8.25. The first-order chi connectivity index (χ1) is 17.2. The van der Waals surface area contributed by atoms with Crippen LogP contribution in [0.4, 0.5) is 5.95 Å². The van der Waals surface area contributed by atoms with Gasteiger partial charge in [0.2, 0.25) is 5.95 Å². The van der Waals surface area contributed by atoms with Gasteiger partial charge in [0.05, 0.1) is 30.8 Å². The van der Waals surface area contributed by atoms with Gasteiger partial charge < -0.3 is 15.2 Å². The van der Waals surface area contributed by atoms with E-state index >= 15 is 0 Å². The second-order valence-corrected chi connectivity index (χ2v) is 8.25. The van der Waals surface area contributed by atoms with Crippen LogP contribution in [-0.4, -0.2) is 31.6 Å². The molecule has 0 amide bonds. The van der Waals surface area contributed by atoms with Crippen molar-refractivity contribution in [2.75, 3.05) is 12.4 Å². The highest BCUT2D eigenvalue weighted by Crippen LogP contribution is 2.32. The summed E-state index contributed by atoms with van der Waals surface area (Å²) in [6, 6.07) is 22.0. The fraction of sp³-hybridized carbons (Fsp3) is 0.179. The van der Waals surface area contributed by atoms with E-state index in [0.29, 0.717) is 12.5 Å². The summed E-state index contributed by atoms with van der Waals surface area (Å²) in [5, 5.41) is 12.9. The Morgan fingerprint density at radius 2 is 1.69 bits per heavy atom. The van der Waals surface area contributed by atoms with Crippen LogP contribution in [0.2, 0.25) is 0 Å². The zero-order chi connectivity index (χ0) is 24.2. The molecule has 0 unspecified atom stereocenters. The zero-order valence-corrected chi connectivity index (χ0v) is 19.8. The van der Waals surface area contributed by atoms with Crippen molar-refractivity contribution in [2.45, 2.75) is 26.5 Å². The van der Waals surface area contributed by atoms with Gasteiger partial charge in [0.15, 0.2) is 0 Å². The number of fused-ring (bicyclic) bond motifs is 1. The van der Waals surface area contributed by atoms with E-state index < -0.39 is 0 Å². The number of anilines is 1. The topological polar surface area (TPSA) is 84.6 Å². The Bertz CT molecular complexity index is 1440. The predicted octanol–water partition coefficient (Wildman–Crippen LogP) is 5.13. The summed E-state index contributed by atoms with van der Waals surface area (Å²) in [4.78, 5) is 14.2. The summed E-state index contributed by atoms with van der Waals surface area (Å²) in [6.07, 6.45) is 4.66. The van der Waals surface area contributed by atoms with E-state index in [9.17, 15) is 5.11 Å². The van der Waals surface area contributed by atoms with Gasteiger partial charge in [-0.1, -0.05) is 43.3 Å². The Hall–Kier alpha value is -4.23. The van der Waals surface area contributed by atoms with Crippen LogP contribution in [0.25, 0.3) is 28.3 Å². The van der Waals surface area contributed by atoms with E-state index in [4.69, 9.17) is 14.7 Å². The minimum absolute atomic E-state index is 0.0356. The van der Waals surface area contributed by atoms with Gasteiger partial charge in [0.25, 0.3) is 0 Å². The fourth-order valence-electron chi connectivity index (χ4n) is 4.03. The molecule has 0 radical (unpaired) electrons. The summed E-state index contributed by atoms with van der Waals surface area (Å²) in [7, 11) is 1.66. The van der Waals surface area contributed by atoms with Gasteiger partial charge >= 0.3 is 0 Å². The van der Waals surface area contributed by atoms with Gasteiger partial charge in [-0.05, 0) is 53.4 Å². The smallest absolute Gasteiger partial charge is 0.223 e. The Balaban J connectivity index is 1.53. The summed E-state index contributed by atoms with van der Waals surface area (Å²) in [6.45, 7) is 2.70. The summed E-state index contributed by atoms with van der Waals surface area (Å²) >= 11 is 0. The summed E-state index contributed by atoms with van der Waals surface area (Å²) in [5.41, 5.74) is 7.43. The molecule has 7 heteroatoms. The molecule has 0 aliphatic carbocycles. The van der Waals surface area contributed by atoms with E-state index in [2.05, 4.69) is 41.5 Å². The van der Waals surface area contributed by atoms with Crippen molar-refractivity contribution in [3.8, 4) is 28.4 Å². The number of aryl methyl sites for hydroxylation is 1. The number of pyridine rings is 1. The van der Waals surface area contributed by atoms with Crippen LogP contribution < -0.4 is 10.1 Å². The van der Waals surface area contributed by atoms with Crippen molar-refractivity contribution in [1.82, 2.24) is 19.4 Å². The molecule has 7 nitrogen and oxygen atoms in total. The number of hydrogen-bond donors (Lipinski definition) is 2. The normalized spacial score (nSPS) is 11.1. The number of benzene rings is 2. The highest BCUT2D eigenvalue weighted by atomic mass is 16.5. The van der Waals surface area contributed by atoms with E-state index in [1.807, 2.05) is 53.1 Å². The van der Waals surface area contributed by atoms with Gasteiger partial charge in [-0.25, -0.2) is 15.0 Å². The SMILES string of the molecule is CCc1ccc(-c2nc3cc(CO)ccn3c2-c2ccnc(NCc3ccc(OC)cc3)n2)cc1. The molecular formula is C28H27N5O2. The van der Waals surface area contributed by atoms with Crippen molar-refractivity contribution in [2.24, 2.45) is 0 Å². The molecule has 5 rings (SSSR count). The lowest BCUT2D eigenvalue weighted by molar-refractivity contribution is 0.282. The molecule has 5 aromatic rings. The maximum atomic E-state index is 9.61. The van der Waals surface area contributed by atoms with E-state index in [1.54, 1.807) is 13.3 Å². The molecule has 3 aromatic heterocycles. The van der Waals surface area contributed by atoms with Crippen molar-refractivity contribution < 1.29 is 9.84 Å². The number of aliphatic hydroxyl groups is 1. The third-order valence-corrected chi connectivity index (χ3v) is 6.02. The zero-order valence-electron chi connectivity index (χ0n) is 19.8. The molecule has 176 valence electrons. The Morgan fingerprint density at radius 3 is 2.40 bits per heavy atom. The average molecular weight is 466 g/mol. The lowest BCUT2D eigenvalue weighted by atomic mass is 10.1. The maximum absolute atomic E-state index is 9.61. The Morgan fingerprint density at radius 1 is 0.914 bits per heavy atom. The summed E-state index contributed by atoms with van der Waals surface area (Å²) in [5.74, 6) is 1.36. The number of imidazole rings is 1. The number of rotatable bonds is 8. The first kappa shape index (κ1) is 22.6. The molecular weight excluding hydrogens is 438 g/mol. The van der Waals surface area contributed by atoms with Crippen LogP contribution in [-0.2, 0) is 19.6 Å². The highest BCUT2D eigenvalue weighted by Gasteiger charge is 2.18. The number of nitrogens with one attached hydrogen (secondary N) is 1. The van der Waals surface area contributed by atoms with Crippen LogP contribution in [0.3, 0.4) is 0 Å². The molecule has 3 heterocycles. The van der Waals surface area contributed by atoms with Crippen LogP contribution in [0.5, 0.6) is 5.75 Å². The molecule has 0 fully saturated rings. The number of nitrogens with zero attached hydrogens (tertiary/aromatic N) is 4. The molecule has 0 bridgehead atoms.